The number of aryl methyl sites for hydroxylation is 1. The summed E-state index contributed by atoms with van der Waals surface area (Å²) in [6.45, 7) is 2.63. The van der Waals surface area contributed by atoms with Crippen LogP contribution < -0.4 is 0 Å². The Morgan fingerprint density at radius 3 is 3.15 bits per heavy atom. The van der Waals surface area contributed by atoms with Crippen LogP contribution >= 0.6 is 0 Å². The minimum absolute atomic E-state index is 0.270. The summed E-state index contributed by atoms with van der Waals surface area (Å²) in [6.07, 6.45) is 3.45. The molecule has 0 fully saturated rings. The maximum atomic E-state index is 10.7. The maximum Gasteiger partial charge on any atom is 0.308 e. The molecule has 4 heteroatoms. The number of carboxylic acids is 1. The minimum Gasteiger partial charge on any atom is -0.481 e. The van der Waals surface area contributed by atoms with Crippen molar-refractivity contribution in [3.8, 4) is 0 Å². The fourth-order valence-electron chi connectivity index (χ4n) is 1.69. The summed E-state index contributed by atoms with van der Waals surface area (Å²) < 4.78 is 1.96. The summed E-state index contributed by atoms with van der Waals surface area (Å²) in [4.78, 5) is 15.0. The lowest BCUT2D eigenvalue weighted by molar-refractivity contribution is -0.141. The predicted octanol–water partition coefficient (Wildman–Crippen LogP) is 0.702. The summed E-state index contributed by atoms with van der Waals surface area (Å²) >= 11 is 0. The van der Waals surface area contributed by atoms with Crippen LogP contribution in [0.2, 0.25) is 0 Å². The highest BCUT2D eigenvalue weighted by Gasteiger charge is 2.28. The number of hydrogen-bond donors (Lipinski definition) is 1. The van der Waals surface area contributed by atoms with Gasteiger partial charge in [-0.15, -0.1) is 0 Å². The lowest BCUT2D eigenvalue weighted by atomic mass is 10.1. The van der Waals surface area contributed by atoms with Gasteiger partial charge in [0.2, 0.25) is 0 Å². The highest BCUT2D eigenvalue weighted by Crippen LogP contribution is 2.20. The monoisotopic (exact) mass is 180 g/mol. The summed E-state index contributed by atoms with van der Waals surface area (Å²) in [5.41, 5.74) is 1.05. The van der Waals surface area contributed by atoms with E-state index in [1.165, 1.54) is 0 Å². The molecular formula is C9H12N2O2. The van der Waals surface area contributed by atoms with E-state index in [2.05, 4.69) is 4.98 Å². The molecule has 0 amide bonds. The predicted molar refractivity (Wildman–Crippen MR) is 46.4 cm³/mol. The number of carboxylic acid groups (broad SMARTS) is 1. The van der Waals surface area contributed by atoms with Gasteiger partial charge in [-0.25, -0.2) is 4.98 Å². The SMILES string of the molecule is CCc1cn2c(n1)CC(C(=O)O)C2. The van der Waals surface area contributed by atoms with Crippen LogP contribution in [0.1, 0.15) is 18.4 Å². The van der Waals surface area contributed by atoms with Gasteiger partial charge < -0.3 is 9.67 Å². The van der Waals surface area contributed by atoms with E-state index in [-0.39, 0.29) is 5.92 Å². The Morgan fingerprint density at radius 1 is 1.85 bits per heavy atom. The van der Waals surface area contributed by atoms with Crippen LogP contribution in [0.5, 0.6) is 0 Å². The van der Waals surface area contributed by atoms with Crippen LogP contribution in [-0.2, 0) is 24.2 Å². The normalized spacial score (nSPS) is 20.2. The molecule has 1 aromatic heterocycles. The topological polar surface area (TPSA) is 55.1 Å². The summed E-state index contributed by atoms with van der Waals surface area (Å²) in [5, 5.41) is 8.79. The van der Waals surface area contributed by atoms with Gasteiger partial charge >= 0.3 is 5.97 Å². The first-order valence-electron chi connectivity index (χ1n) is 4.48. The van der Waals surface area contributed by atoms with Crippen molar-refractivity contribution in [2.24, 2.45) is 5.92 Å². The molecule has 1 atom stereocenters. The van der Waals surface area contributed by atoms with Gasteiger partial charge in [-0.2, -0.15) is 0 Å². The molecule has 1 unspecified atom stereocenters. The Balaban J connectivity index is 2.19. The van der Waals surface area contributed by atoms with Gasteiger partial charge in [-0.3, -0.25) is 4.79 Å². The smallest absolute Gasteiger partial charge is 0.308 e. The highest BCUT2D eigenvalue weighted by molar-refractivity contribution is 5.70. The third kappa shape index (κ3) is 1.32. The number of nitrogens with zero attached hydrogens (tertiary/aromatic N) is 2. The van der Waals surface area contributed by atoms with E-state index in [4.69, 9.17) is 5.11 Å². The van der Waals surface area contributed by atoms with E-state index in [0.717, 1.165) is 17.9 Å². The Bertz CT molecular complexity index is 320. The van der Waals surface area contributed by atoms with Gasteiger partial charge in [0.15, 0.2) is 0 Å². The van der Waals surface area contributed by atoms with Crippen LogP contribution in [0.4, 0.5) is 0 Å². The average Bonchev–Trinajstić information content (AvgIpc) is 2.58. The first-order valence-corrected chi connectivity index (χ1v) is 4.48. The first-order chi connectivity index (χ1) is 6.20. The van der Waals surface area contributed by atoms with E-state index in [1.54, 1.807) is 0 Å². The van der Waals surface area contributed by atoms with Crippen LogP contribution in [-0.4, -0.2) is 20.6 Å². The molecule has 0 spiro atoms. The molecule has 0 aromatic carbocycles. The number of aliphatic carboxylic acids is 1. The van der Waals surface area contributed by atoms with Crippen LogP contribution in [0, 0.1) is 5.92 Å². The van der Waals surface area contributed by atoms with Gasteiger partial charge in [0.25, 0.3) is 0 Å². The molecule has 1 aliphatic rings. The van der Waals surface area contributed by atoms with Gasteiger partial charge in [-0.1, -0.05) is 6.92 Å². The van der Waals surface area contributed by atoms with Crippen molar-refractivity contribution in [3.63, 3.8) is 0 Å². The molecular weight excluding hydrogens is 168 g/mol. The van der Waals surface area contributed by atoms with Crippen LogP contribution in [0.15, 0.2) is 6.20 Å². The zero-order valence-corrected chi connectivity index (χ0v) is 7.53. The number of imidazole rings is 1. The van der Waals surface area contributed by atoms with Crippen molar-refractivity contribution < 1.29 is 9.90 Å². The van der Waals surface area contributed by atoms with Gasteiger partial charge in [0.1, 0.15) is 5.82 Å². The number of fused-ring (bicyclic) bond motifs is 1. The van der Waals surface area contributed by atoms with Crippen molar-refractivity contribution in [2.75, 3.05) is 0 Å². The van der Waals surface area contributed by atoms with E-state index in [1.807, 2.05) is 17.7 Å². The Hall–Kier alpha value is -1.32. The third-order valence-electron chi connectivity index (χ3n) is 2.47. The lowest BCUT2D eigenvalue weighted by Gasteiger charge is -2.00. The molecule has 2 rings (SSSR count). The zero-order chi connectivity index (χ0) is 9.42. The fourth-order valence-corrected chi connectivity index (χ4v) is 1.69. The van der Waals surface area contributed by atoms with Gasteiger partial charge in [0.05, 0.1) is 11.6 Å². The standard InChI is InChI=1S/C9H12N2O2/c1-2-7-5-11-4-6(9(12)13)3-8(11)10-7/h5-6H,2-4H2,1H3,(H,12,13). The molecule has 13 heavy (non-hydrogen) atoms. The third-order valence-corrected chi connectivity index (χ3v) is 2.47. The quantitative estimate of drug-likeness (QED) is 0.729. The molecule has 1 aliphatic heterocycles. The minimum atomic E-state index is -0.719. The summed E-state index contributed by atoms with van der Waals surface area (Å²) in [5.74, 6) is -0.0683. The molecule has 0 radical (unpaired) electrons. The van der Waals surface area contributed by atoms with E-state index in [0.29, 0.717) is 13.0 Å². The molecule has 0 saturated carbocycles. The van der Waals surface area contributed by atoms with Crippen molar-refractivity contribution >= 4 is 5.97 Å². The number of hydrogen-bond acceptors (Lipinski definition) is 2. The maximum absolute atomic E-state index is 10.7. The molecule has 2 heterocycles. The van der Waals surface area contributed by atoms with E-state index < -0.39 is 5.97 Å². The zero-order valence-electron chi connectivity index (χ0n) is 7.53. The van der Waals surface area contributed by atoms with Crippen molar-refractivity contribution in [1.29, 1.82) is 0 Å². The lowest BCUT2D eigenvalue weighted by Crippen LogP contribution is -2.14. The largest absolute Gasteiger partial charge is 0.481 e. The molecule has 0 bridgehead atoms. The second kappa shape index (κ2) is 2.87. The molecule has 70 valence electrons. The molecule has 1 N–H and O–H groups in total. The molecule has 1 aromatic rings. The number of aromatic nitrogens is 2. The fraction of sp³-hybridized carbons (Fsp3) is 0.556. The van der Waals surface area contributed by atoms with Gasteiger partial charge in [0, 0.05) is 19.2 Å². The first kappa shape index (κ1) is 8.29. The van der Waals surface area contributed by atoms with Crippen molar-refractivity contribution in [2.45, 2.75) is 26.3 Å². The molecule has 0 aliphatic carbocycles. The molecule has 4 nitrogen and oxygen atoms in total. The van der Waals surface area contributed by atoms with E-state index >= 15 is 0 Å². The number of rotatable bonds is 2. The average molecular weight is 180 g/mol. The van der Waals surface area contributed by atoms with Crippen LogP contribution in [0.25, 0.3) is 0 Å². The van der Waals surface area contributed by atoms with Gasteiger partial charge in [-0.05, 0) is 6.42 Å². The van der Waals surface area contributed by atoms with Crippen LogP contribution in [0.3, 0.4) is 0 Å². The Labute approximate surface area is 76.2 Å². The Morgan fingerprint density at radius 2 is 2.62 bits per heavy atom. The second-order valence-electron chi connectivity index (χ2n) is 3.39. The molecule has 0 saturated heterocycles. The van der Waals surface area contributed by atoms with Crippen molar-refractivity contribution in [3.05, 3.63) is 17.7 Å². The van der Waals surface area contributed by atoms with Crippen molar-refractivity contribution in [1.82, 2.24) is 9.55 Å². The Kier molecular flexibility index (Phi) is 1.83. The second-order valence-corrected chi connectivity index (χ2v) is 3.39. The summed E-state index contributed by atoms with van der Waals surface area (Å²) in [6, 6.07) is 0. The van der Waals surface area contributed by atoms with E-state index in [9.17, 15) is 4.79 Å². The summed E-state index contributed by atoms with van der Waals surface area (Å²) in [7, 11) is 0. The number of carbonyl (C=O) groups is 1. The highest BCUT2D eigenvalue weighted by atomic mass is 16.4.